The average molecular weight is 551 g/mol. The minimum atomic E-state index is -0.963. The van der Waals surface area contributed by atoms with Crippen LogP contribution in [0.5, 0.6) is 5.75 Å². The molecule has 212 valence electrons. The van der Waals surface area contributed by atoms with E-state index in [1.165, 1.54) is 11.1 Å². The third-order valence-corrected chi connectivity index (χ3v) is 7.44. The topological polar surface area (TPSA) is 132 Å². The highest BCUT2D eigenvalue weighted by atomic mass is 16.5. The number of amides is 2. The summed E-state index contributed by atoms with van der Waals surface area (Å²) in [7, 11) is 1.61. The highest BCUT2D eigenvalue weighted by Crippen LogP contribution is 2.39. The van der Waals surface area contributed by atoms with Gasteiger partial charge >= 0.3 is 6.09 Å². The van der Waals surface area contributed by atoms with E-state index in [4.69, 9.17) is 14.2 Å². The fourth-order valence-corrected chi connectivity index (χ4v) is 4.96. The Balaban J connectivity index is 1.39. The van der Waals surface area contributed by atoms with Crippen molar-refractivity contribution in [2.45, 2.75) is 32.9 Å². The van der Waals surface area contributed by atoms with Gasteiger partial charge in [-0.3, -0.25) is 13.9 Å². The van der Waals surface area contributed by atoms with E-state index in [0.29, 0.717) is 55.7 Å². The molecular formula is C28H34N6O6. The van der Waals surface area contributed by atoms with Crippen LogP contribution in [0.2, 0.25) is 0 Å². The quantitative estimate of drug-likeness (QED) is 0.317. The van der Waals surface area contributed by atoms with Crippen molar-refractivity contribution in [2.75, 3.05) is 45.3 Å². The number of hydrogen-bond donors (Lipinski definition) is 2. The molecule has 12 nitrogen and oxygen atoms in total. The number of imidazole rings is 1. The molecule has 1 unspecified atom stereocenters. The Labute approximate surface area is 231 Å². The first kappa shape index (κ1) is 27.4. The third kappa shape index (κ3) is 5.19. The van der Waals surface area contributed by atoms with Gasteiger partial charge in [0.15, 0.2) is 0 Å². The Morgan fingerprint density at radius 3 is 2.77 bits per heavy atom. The van der Waals surface area contributed by atoms with E-state index in [2.05, 4.69) is 15.4 Å². The summed E-state index contributed by atoms with van der Waals surface area (Å²) in [6, 6.07) is 9.13. The van der Waals surface area contributed by atoms with E-state index < -0.39 is 11.7 Å². The Hall–Kier alpha value is -4.16. The van der Waals surface area contributed by atoms with E-state index in [0.717, 1.165) is 10.9 Å². The SMILES string of the molecule is COCCOc1ccn2c(C(=O)Nc3cccc4c3cnn4CC3(C(C)(C)C)CN(C(=O)O)CCO3)cnc2c1. The zero-order chi connectivity index (χ0) is 28.5. The Bertz CT molecular complexity index is 1540. The molecule has 1 atom stereocenters. The number of aromatic nitrogens is 4. The van der Waals surface area contributed by atoms with E-state index in [1.807, 2.05) is 43.7 Å². The van der Waals surface area contributed by atoms with Gasteiger partial charge in [0.05, 0.1) is 49.9 Å². The van der Waals surface area contributed by atoms with E-state index in [1.54, 1.807) is 36.0 Å². The van der Waals surface area contributed by atoms with Gasteiger partial charge in [0, 0.05) is 31.3 Å². The number of morpholine rings is 1. The van der Waals surface area contributed by atoms with Gasteiger partial charge in [0.25, 0.3) is 5.91 Å². The summed E-state index contributed by atoms with van der Waals surface area (Å²) in [4.78, 5) is 30.8. The number of carbonyl (C=O) groups excluding carboxylic acids is 1. The molecule has 0 radical (unpaired) electrons. The highest BCUT2D eigenvalue weighted by molar-refractivity contribution is 6.08. The molecule has 4 aromatic rings. The van der Waals surface area contributed by atoms with Crippen LogP contribution >= 0.6 is 0 Å². The Kier molecular flexibility index (Phi) is 7.39. The van der Waals surface area contributed by atoms with Crippen LogP contribution in [0.4, 0.5) is 10.5 Å². The number of pyridine rings is 1. The second kappa shape index (κ2) is 10.8. The lowest BCUT2D eigenvalue weighted by atomic mass is 9.75. The molecule has 1 fully saturated rings. The molecular weight excluding hydrogens is 516 g/mol. The standard InChI is InChI=1S/C28H34N6O6/c1-27(2,3)28(17-32(26(36)37)10-11-40-28)18-34-22-7-5-6-21(20(22)15-30-34)31-25(35)23-16-29-24-14-19(8-9-33(23)24)39-13-12-38-4/h5-9,14-16H,10-13,17-18H2,1-4H3,(H,31,35)(H,36,37). The molecule has 0 saturated carbocycles. The first-order valence-electron chi connectivity index (χ1n) is 13.1. The zero-order valence-corrected chi connectivity index (χ0v) is 23.1. The largest absolute Gasteiger partial charge is 0.491 e. The summed E-state index contributed by atoms with van der Waals surface area (Å²) >= 11 is 0. The van der Waals surface area contributed by atoms with Crippen LogP contribution in [0.15, 0.2) is 48.9 Å². The number of nitrogens with zero attached hydrogens (tertiary/aromatic N) is 5. The van der Waals surface area contributed by atoms with Crippen LogP contribution in [0.1, 0.15) is 31.3 Å². The van der Waals surface area contributed by atoms with Gasteiger partial charge in [0.2, 0.25) is 0 Å². The molecule has 2 N–H and O–H groups in total. The number of fused-ring (bicyclic) bond motifs is 2. The van der Waals surface area contributed by atoms with Gasteiger partial charge in [-0.15, -0.1) is 0 Å². The summed E-state index contributed by atoms with van der Waals surface area (Å²) in [5.41, 5.74) is 1.20. The zero-order valence-electron chi connectivity index (χ0n) is 23.1. The number of hydrogen-bond acceptors (Lipinski definition) is 7. The summed E-state index contributed by atoms with van der Waals surface area (Å²) in [5, 5.41) is 18.0. The number of benzene rings is 1. The Morgan fingerprint density at radius 2 is 2.02 bits per heavy atom. The summed E-state index contributed by atoms with van der Waals surface area (Å²) in [5.74, 6) is 0.320. The maximum Gasteiger partial charge on any atom is 0.407 e. The van der Waals surface area contributed by atoms with Crippen molar-refractivity contribution in [1.82, 2.24) is 24.1 Å². The number of carbonyl (C=O) groups is 2. The fraction of sp³-hybridized carbons (Fsp3) is 0.429. The van der Waals surface area contributed by atoms with Crippen molar-refractivity contribution < 1.29 is 28.9 Å². The summed E-state index contributed by atoms with van der Waals surface area (Å²) < 4.78 is 20.5. The normalized spacial score (nSPS) is 17.9. The van der Waals surface area contributed by atoms with Crippen molar-refractivity contribution in [3.63, 3.8) is 0 Å². The number of ether oxygens (including phenoxy) is 3. The molecule has 0 aliphatic carbocycles. The molecule has 1 aromatic carbocycles. The lowest BCUT2D eigenvalue weighted by molar-refractivity contribution is -0.168. The van der Waals surface area contributed by atoms with Crippen molar-refractivity contribution in [1.29, 1.82) is 0 Å². The fourth-order valence-electron chi connectivity index (χ4n) is 4.96. The highest BCUT2D eigenvalue weighted by Gasteiger charge is 2.48. The van der Waals surface area contributed by atoms with E-state index >= 15 is 0 Å². The molecule has 2 amide bonds. The molecule has 5 rings (SSSR count). The van der Waals surface area contributed by atoms with E-state index in [-0.39, 0.29) is 17.9 Å². The second-order valence-electron chi connectivity index (χ2n) is 10.9. The van der Waals surface area contributed by atoms with Crippen LogP contribution in [0.25, 0.3) is 16.6 Å². The van der Waals surface area contributed by atoms with Crippen molar-refractivity contribution >= 4 is 34.2 Å². The third-order valence-electron chi connectivity index (χ3n) is 7.44. The number of methoxy groups -OCH3 is 1. The number of anilines is 1. The van der Waals surface area contributed by atoms with Gasteiger partial charge in [-0.25, -0.2) is 9.78 Å². The van der Waals surface area contributed by atoms with Crippen LogP contribution < -0.4 is 10.1 Å². The Morgan fingerprint density at radius 1 is 1.20 bits per heavy atom. The molecule has 40 heavy (non-hydrogen) atoms. The minimum Gasteiger partial charge on any atom is -0.491 e. The number of carboxylic acid groups (broad SMARTS) is 1. The first-order valence-corrected chi connectivity index (χ1v) is 13.1. The van der Waals surface area contributed by atoms with Crippen molar-refractivity contribution in [2.24, 2.45) is 5.41 Å². The monoisotopic (exact) mass is 550 g/mol. The molecule has 4 heterocycles. The van der Waals surface area contributed by atoms with Gasteiger partial charge < -0.3 is 29.5 Å². The van der Waals surface area contributed by atoms with Crippen molar-refractivity contribution in [3.8, 4) is 5.75 Å². The molecule has 1 saturated heterocycles. The lowest BCUT2D eigenvalue weighted by Gasteiger charge is -2.49. The lowest BCUT2D eigenvalue weighted by Crippen LogP contribution is -2.61. The van der Waals surface area contributed by atoms with E-state index in [9.17, 15) is 14.7 Å². The molecule has 12 heteroatoms. The minimum absolute atomic E-state index is 0.233. The smallest absolute Gasteiger partial charge is 0.407 e. The molecule has 3 aromatic heterocycles. The van der Waals surface area contributed by atoms with Crippen LogP contribution in [0, 0.1) is 5.41 Å². The maximum absolute atomic E-state index is 13.3. The predicted molar refractivity (Wildman–Crippen MR) is 148 cm³/mol. The van der Waals surface area contributed by atoms with Gasteiger partial charge in [-0.1, -0.05) is 26.8 Å². The molecule has 0 spiro atoms. The first-order chi connectivity index (χ1) is 19.1. The average Bonchev–Trinajstić information content (AvgIpc) is 3.53. The molecule has 1 aliphatic heterocycles. The van der Waals surface area contributed by atoms with Gasteiger partial charge in [-0.05, 0) is 23.6 Å². The summed E-state index contributed by atoms with van der Waals surface area (Å²) in [6.07, 6.45) is 4.01. The van der Waals surface area contributed by atoms with Crippen LogP contribution in [0.3, 0.4) is 0 Å². The second-order valence-corrected chi connectivity index (χ2v) is 10.9. The van der Waals surface area contributed by atoms with Gasteiger partial charge in [-0.2, -0.15) is 5.10 Å². The molecule has 0 bridgehead atoms. The molecule has 1 aliphatic rings. The maximum atomic E-state index is 13.3. The van der Waals surface area contributed by atoms with Crippen LogP contribution in [-0.4, -0.2) is 86.8 Å². The number of rotatable bonds is 8. The van der Waals surface area contributed by atoms with Crippen molar-refractivity contribution in [3.05, 3.63) is 54.6 Å². The number of nitrogens with one attached hydrogen (secondary N) is 1. The van der Waals surface area contributed by atoms with Gasteiger partial charge in [0.1, 0.15) is 29.3 Å². The van der Waals surface area contributed by atoms with Crippen LogP contribution in [-0.2, 0) is 16.0 Å². The predicted octanol–water partition coefficient (Wildman–Crippen LogP) is 3.76. The summed E-state index contributed by atoms with van der Waals surface area (Å²) in [6.45, 7) is 8.24.